The summed E-state index contributed by atoms with van der Waals surface area (Å²) in [6.07, 6.45) is 0. The lowest BCUT2D eigenvalue weighted by Crippen LogP contribution is -1.98. The fourth-order valence-corrected chi connectivity index (χ4v) is 2.60. The highest BCUT2D eigenvalue weighted by atomic mass is 32.1. The molecule has 0 unspecified atom stereocenters. The summed E-state index contributed by atoms with van der Waals surface area (Å²) in [5.74, 6) is 0.846. The standard InChI is InChI=1S/C16H15N3S/c1-11-8-9-14(12(2)10-11)15-17-18-16(20)19(15)13-6-4-3-5-7-13/h3-10H,1-2H3,(H,18,20). The van der Waals surface area contributed by atoms with E-state index in [2.05, 4.69) is 42.2 Å². The molecule has 0 atom stereocenters. The van der Waals surface area contributed by atoms with E-state index in [0.29, 0.717) is 4.77 Å². The van der Waals surface area contributed by atoms with E-state index in [1.54, 1.807) is 0 Å². The van der Waals surface area contributed by atoms with Gasteiger partial charge < -0.3 is 0 Å². The second-order valence-electron chi connectivity index (χ2n) is 4.84. The fraction of sp³-hybridized carbons (Fsp3) is 0.125. The van der Waals surface area contributed by atoms with Crippen LogP contribution in [-0.2, 0) is 0 Å². The highest BCUT2D eigenvalue weighted by Gasteiger charge is 2.12. The molecule has 3 nitrogen and oxygen atoms in total. The van der Waals surface area contributed by atoms with Crippen molar-refractivity contribution in [2.45, 2.75) is 13.8 Å². The van der Waals surface area contributed by atoms with Gasteiger partial charge in [0.15, 0.2) is 10.6 Å². The summed E-state index contributed by atoms with van der Waals surface area (Å²) in [6, 6.07) is 16.4. The van der Waals surface area contributed by atoms with E-state index < -0.39 is 0 Å². The number of hydrogen-bond acceptors (Lipinski definition) is 2. The van der Waals surface area contributed by atoms with Gasteiger partial charge in [-0.2, -0.15) is 5.10 Å². The smallest absolute Gasteiger partial charge is 0.200 e. The van der Waals surface area contributed by atoms with Gasteiger partial charge in [0.2, 0.25) is 0 Å². The van der Waals surface area contributed by atoms with Gasteiger partial charge in [0.05, 0.1) is 0 Å². The van der Waals surface area contributed by atoms with Crippen molar-refractivity contribution in [2.24, 2.45) is 0 Å². The van der Waals surface area contributed by atoms with Gasteiger partial charge in [-0.3, -0.25) is 9.67 Å². The molecule has 3 rings (SSSR count). The van der Waals surface area contributed by atoms with Gasteiger partial charge in [-0.05, 0) is 43.8 Å². The van der Waals surface area contributed by atoms with Crippen molar-refractivity contribution in [1.82, 2.24) is 14.8 Å². The SMILES string of the molecule is Cc1ccc(-c2n[nH]c(=S)n2-c2ccccc2)c(C)c1. The van der Waals surface area contributed by atoms with Gasteiger partial charge in [0, 0.05) is 11.3 Å². The molecule has 0 radical (unpaired) electrons. The molecule has 0 aliphatic rings. The Labute approximate surface area is 122 Å². The zero-order valence-corrected chi connectivity index (χ0v) is 12.2. The molecule has 1 aromatic heterocycles. The largest absolute Gasteiger partial charge is 0.268 e. The maximum Gasteiger partial charge on any atom is 0.200 e. The third-order valence-corrected chi connectivity index (χ3v) is 3.58. The van der Waals surface area contributed by atoms with Crippen LogP contribution in [0.1, 0.15) is 11.1 Å². The number of aromatic amines is 1. The van der Waals surface area contributed by atoms with Crippen molar-refractivity contribution < 1.29 is 0 Å². The van der Waals surface area contributed by atoms with E-state index in [0.717, 1.165) is 17.1 Å². The van der Waals surface area contributed by atoms with E-state index in [1.165, 1.54) is 11.1 Å². The minimum Gasteiger partial charge on any atom is -0.268 e. The highest BCUT2D eigenvalue weighted by molar-refractivity contribution is 7.71. The summed E-state index contributed by atoms with van der Waals surface area (Å²) in [5.41, 5.74) is 4.54. The summed E-state index contributed by atoms with van der Waals surface area (Å²) in [6.45, 7) is 4.18. The van der Waals surface area contributed by atoms with E-state index in [4.69, 9.17) is 12.2 Å². The number of rotatable bonds is 2. The summed E-state index contributed by atoms with van der Waals surface area (Å²) >= 11 is 5.37. The summed E-state index contributed by atoms with van der Waals surface area (Å²) < 4.78 is 2.57. The number of H-pyrrole nitrogens is 1. The van der Waals surface area contributed by atoms with Crippen LogP contribution in [0.2, 0.25) is 0 Å². The maximum absolute atomic E-state index is 5.37. The Morgan fingerprint density at radius 1 is 1.05 bits per heavy atom. The molecule has 0 aliphatic heterocycles. The van der Waals surface area contributed by atoms with Crippen LogP contribution in [0.5, 0.6) is 0 Å². The van der Waals surface area contributed by atoms with Gasteiger partial charge in [0.25, 0.3) is 0 Å². The second kappa shape index (κ2) is 5.06. The zero-order valence-electron chi connectivity index (χ0n) is 11.4. The van der Waals surface area contributed by atoms with Crippen LogP contribution in [0.3, 0.4) is 0 Å². The number of nitrogens with zero attached hydrogens (tertiary/aromatic N) is 2. The van der Waals surface area contributed by atoms with Crippen molar-refractivity contribution in [3.05, 3.63) is 64.4 Å². The predicted molar refractivity (Wildman–Crippen MR) is 83.7 cm³/mol. The van der Waals surface area contributed by atoms with Gasteiger partial charge in [-0.25, -0.2) is 0 Å². The van der Waals surface area contributed by atoms with Crippen LogP contribution in [0.25, 0.3) is 17.1 Å². The van der Waals surface area contributed by atoms with Crippen molar-refractivity contribution in [3.63, 3.8) is 0 Å². The minimum atomic E-state index is 0.603. The third-order valence-electron chi connectivity index (χ3n) is 3.31. The molecule has 0 fully saturated rings. The number of nitrogens with one attached hydrogen (secondary N) is 1. The third kappa shape index (κ3) is 2.18. The number of aromatic nitrogens is 3. The first kappa shape index (κ1) is 12.8. The first-order valence-electron chi connectivity index (χ1n) is 6.47. The van der Waals surface area contributed by atoms with Crippen molar-refractivity contribution in [1.29, 1.82) is 0 Å². The van der Waals surface area contributed by atoms with Crippen LogP contribution < -0.4 is 0 Å². The first-order chi connectivity index (χ1) is 9.66. The first-order valence-corrected chi connectivity index (χ1v) is 6.88. The summed E-state index contributed by atoms with van der Waals surface area (Å²) in [4.78, 5) is 0. The lowest BCUT2D eigenvalue weighted by molar-refractivity contribution is 1.03. The second-order valence-corrected chi connectivity index (χ2v) is 5.23. The Balaban J connectivity index is 2.24. The molecule has 2 aromatic carbocycles. The average molecular weight is 281 g/mol. The molecule has 1 heterocycles. The Morgan fingerprint density at radius 2 is 1.80 bits per heavy atom. The van der Waals surface area contributed by atoms with Crippen LogP contribution in [0.4, 0.5) is 0 Å². The number of hydrogen-bond donors (Lipinski definition) is 1. The minimum absolute atomic E-state index is 0.603. The van der Waals surface area contributed by atoms with Crippen LogP contribution >= 0.6 is 12.2 Å². The molecule has 0 spiro atoms. The monoisotopic (exact) mass is 281 g/mol. The molecule has 0 aliphatic carbocycles. The molecular weight excluding hydrogens is 266 g/mol. The molecule has 0 bridgehead atoms. The van der Waals surface area contributed by atoms with Crippen LogP contribution in [-0.4, -0.2) is 14.8 Å². The maximum atomic E-state index is 5.37. The molecule has 4 heteroatoms. The topological polar surface area (TPSA) is 33.6 Å². The van der Waals surface area contributed by atoms with Gasteiger partial charge in [0.1, 0.15) is 0 Å². The van der Waals surface area contributed by atoms with Crippen LogP contribution in [0, 0.1) is 18.6 Å². The molecular formula is C16H15N3S. The molecule has 3 aromatic rings. The summed E-state index contributed by atoms with van der Waals surface area (Å²) in [7, 11) is 0. The summed E-state index contributed by atoms with van der Waals surface area (Å²) in [5, 5.41) is 7.29. The normalized spacial score (nSPS) is 10.7. The Morgan fingerprint density at radius 3 is 2.50 bits per heavy atom. The van der Waals surface area contributed by atoms with E-state index >= 15 is 0 Å². The molecule has 0 saturated carbocycles. The lowest BCUT2D eigenvalue weighted by Gasteiger charge is -2.09. The van der Waals surface area contributed by atoms with E-state index in [1.807, 2.05) is 34.9 Å². The molecule has 1 N–H and O–H groups in total. The van der Waals surface area contributed by atoms with Crippen molar-refractivity contribution in [3.8, 4) is 17.1 Å². The van der Waals surface area contributed by atoms with Crippen molar-refractivity contribution >= 4 is 12.2 Å². The quantitative estimate of drug-likeness (QED) is 0.714. The van der Waals surface area contributed by atoms with Crippen LogP contribution in [0.15, 0.2) is 48.5 Å². The molecule has 20 heavy (non-hydrogen) atoms. The zero-order chi connectivity index (χ0) is 14.1. The van der Waals surface area contributed by atoms with Gasteiger partial charge in [-0.15, -0.1) is 0 Å². The van der Waals surface area contributed by atoms with Crippen molar-refractivity contribution in [2.75, 3.05) is 0 Å². The predicted octanol–water partition coefficient (Wildman–Crippen LogP) is 4.21. The Kier molecular flexibility index (Phi) is 3.24. The molecule has 100 valence electrons. The fourth-order valence-electron chi connectivity index (χ4n) is 2.36. The number of aryl methyl sites for hydroxylation is 2. The average Bonchev–Trinajstić information content (AvgIpc) is 2.81. The lowest BCUT2D eigenvalue weighted by atomic mass is 10.1. The van der Waals surface area contributed by atoms with Gasteiger partial charge in [-0.1, -0.05) is 42.0 Å². The molecule has 0 amide bonds. The number of benzene rings is 2. The Hall–Kier alpha value is -2.20. The molecule has 0 saturated heterocycles. The Bertz CT molecular complexity index is 800. The van der Waals surface area contributed by atoms with Gasteiger partial charge >= 0.3 is 0 Å². The van der Waals surface area contributed by atoms with E-state index in [9.17, 15) is 0 Å². The number of para-hydroxylation sites is 1. The van der Waals surface area contributed by atoms with E-state index in [-0.39, 0.29) is 0 Å². The highest BCUT2D eigenvalue weighted by Crippen LogP contribution is 2.25.